The van der Waals surface area contributed by atoms with Crippen molar-refractivity contribution in [1.82, 2.24) is 10.1 Å². The van der Waals surface area contributed by atoms with Gasteiger partial charge >= 0.3 is 0 Å². The van der Waals surface area contributed by atoms with E-state index in [9.17, 15) is 8.42 Å². The van der Waals surface area contributed by atoms with Crippen LogP contribution in [0.4, 0.5) is 10.9 Å². The molecule has 0 saturated heterocycles. The molecule has 92 valence electrons. The topological polar surface area (TPSA) is 111 Å². The highest BCUT2D eigenvalue weighted by Gasteiger charge is 2.22. The van der Waals surface area contributed by atoms with Crippen LogP contribution in [-0.4, -0.2) is 18.6 Å². The molecule has 0 aromatic carbocycles. The highest BCUT2D eigenvalue weighted by atomic mass is 32.2. The summed E-state index contributed by atoms with van der Waals surface area (Å²) in [5.74, 6) is 0.650. The fourth-order valence-electron chi connectivity index (χ4n) is 1.25. The molecule has 0 saturated carbocycles. The summed E-state index contributed by atoms with van der Waals surface area (Å²) in [5, 5.41) is 3.76. The number of hydrogen-bond donors (Lipinski definition) is 2. The Balaban J connectivity index is 2.34. The molecule has 0 radical (unpaired) electrons. The molecule has 0 aliphatic heterocycles. The van der Waals surface area contributed by atoms with Gasteiger partial charge < -0.3 is 10.3 Å². The number of nitrogen functional groups attached to an aromatic ring is 1. The summed E-state index contributed by atoms with van der Waals surface area (Å²) in [7, 11) is -3.71. The van der Waals surface area contributed by atoms with Gasteiger partial charge in [0.15, 0.2) is 15.2 Å². The van der Waals surface area contributed by atoms with E-state index >= 15 is 0 Å². The molecule has 0 amide bonds. The van der Waals surface area contributed by atoms with Gasteiger partial charge in [-0.25, -0.2) is 13.4 Å². The zero-order valence-corrected chi connectivity index (χ0v) is 10.7. The maximum absolute atomic E-state index is 12.0. The Labute approximate surface area is 102 Å². The quantitative estimate of drug-likeness (QED) is 0.867. The second-order valence-corrected chi connectivity index (χ2v) is 6.26. The number of sulfonamides is 1. The number of hydrogen-bond acceptors (Lipinski definition) is 7. The van der Waals surface area contributed by atoms with Crippen LogP contribution >= 0.6 is 11.3 Å². The largest absolute Gasteiger partial charge is 0.375 e. The molecule has 2 rings (SSSR count). The van der Waals surface area contributed by atoms with Crippen LogP contribution in [0.3, 0.4) is 0 Å². The molecule has 0 spiro atoms. The second-order valence-electron chi connectivity index (χ2n) is 3.35. The van der Waals surface area contributed by atoms with Crippen molar-refractivity contribution >= 4 is 32.3 Å². The normalized spacial score (nSPS) is 11.6. The predicted octanol–water partition coefficient (Wildman–Crippen LogP) is 1.13. The number of nitrogens with zero attached hydrogens (tertiary/aromatic N) is 2. The van der Waals surface area contributed by atoms with Crippen molar-refractivity contribution in [3.05, 3.63) is 17.5 Å². The Kier molecular flexibility index (Phi) is 2.79. The van der Waals surface area contributed by atoms with Crippen LogP contribution in [0.2, 0.25) is 0 Å². The smallest absolute Gasteiger partial charge is 0.274 e. The first kappa shape index (κ1) is 11.9. The first-order valence-corrected chi connectivity index (χ1v) is 6.87. The van der Waals surface area contributed by atoms with Crippen LogP contribution in [0, 0.1) is 13.8 Å². The molecule has 0 fully saturated rings. The monoisotopic (exact) mass is 274 g/mol. The van der Waals surface area contributed by atoms with Crippen molar-refractivity contribution in [3.8, 4) is 0 Å². The minimum absolute atomic E-state index is 0.0793. The SMILES string of the molecule is Cc1cc(NS(=O)(=O)c2sc(N)nc2C)no1. The van der Waals surface area contributed by atoms with Gasteiger partial charge in [-0.3, -0.25) is 4.72 Å². The van der Waals surface area contributed by atoms with Crippen molar-refractivity contribution in [2.75, 3.05) is 10.5 Å². The lowest BCUT2D eigenvalue weighted by atomic mass is 10.5. The minimum atomic E-state index is -3.71. The molecule has 2 heterocycles. The van der Waals surface area contributed by atoms with E-state index in [2.05, 4.69) is 14.9 Å². The van der Waals surface area contributed by atoms with Crippen LogP contribution in [0.15, 0.2) is 14.8 Å². The van der Waals surface area contributed by atoms with Gasteiger partial charge in [0.1, 0.15) is 5.76 Å². The number of aryl methyl sites for hydroxylation is 2. The summed E-state index contributed by atoms with van der Waals surface area (Å²) < 4.78 is 31.1. The van der Waals surface area contributed by atoms with Gasteiger partial charge in [-0.2, -0.15) is 0 Å². The molecule has 0 unspecified atom stereocenters. The third-order valence-electron chi connectivity index (χ3n) is 1.88. The lowest BCUT2D eigenvalue weighted by Crippen LogP contribution is -2.12. The average Bonchev–Trinajstić information content (AvgIpc) is 2.72. The third-order valence-corrected chi connectivity index (χ3v) is 4.83. The van der Waals surface area contributed by atoms with Crippen LogP contribution in [-0.2, 0) is 10.0 Å². The molecule has 0 atom stereocenters. The molecule has 3 N–H and O–H groups in total. The summed E-state index contributed by atoms with van der Waals surface area (Å²) in [6.45, 7) is 3.25. The molecule has 0 bridgehead atoms. The first-order chi connectivity index (χ1) is 7.88. The molecule has 9 heteroatoms. The number of rotatable bonds is 3. The van der Waals surface area contributed by atoms with Gasteiger partial charge in [0.25, 0.3) is 10.0 Å². The molecular weight excluding hydrogens is 264 g/mol. The van der Waals surface area contributed by atoms with Gasteiger partial charge in [0.2, 0.25) is 0 Å². The van der Waals surface area contributed by atoms with E-state index in [1.807, 2.05) is 0 Å². The van der Waals surface area contributed by atoms with E-state index in [4.69, 9.17) is 10.3 Å². The van der Waals surface area contributed by atoms with Gasteiger partial charge in [0.05, 0.1) is 5.69 Å². The van der Waals surface area contributed by atoms with Crippen LogP contribution < -0.4 is 10.5 Å². The van der Waals surface area contributed by atoms with Crippen molar-refractivity contribution in [1.29, 1.82) is 0 Å². The Bertz CT molecular complexity index is 644. The van der Waals surface area contributed by atoms with E-state index in [-0.39, 0.29) is 15.2 Å². The minimum Gasteiger partial charge on any atom is -0.375 e. The maximum Gasteiger partial charge on any atom is 0.274 e. The van der Waals surface area contributed by atoms with E-state index in [0.717, 1.165) is 11.3 Å². The van der Waals surface area contributed by atoms with Crippen molar-refractivity contribution in [2.45, 2.75) is 18.1 Å². The Hall–Kier alpha value is -1.61. The molecular formula is C8H10N4O3S2. The third kappa shape index (κ3) is 2.39. The number of nitrogens with two attached hydrogens (primary N) is 1. The molecule has 2 aromatic rings. The fourth-order valence-corrected chi connectivity index (χ4v) is 3.54. The standard InChI is InChI=1S/C8H10N4O3S2/c1-4-3-6(11-15-4)12-17(13,14)7-5(2)10-8(9)16-7/h3H,1-2H3,(H2,9,10)(H,11,12). The molecule has 0 aliphatic carbocycles. The van der Waals surface area contributed by atoms with Crippen molar-refractivity contribution in [3.63, 3.8) is 0 Å². The van der Waals surface area contributed by atoms with Gasteiger partial charge in [-0.1, -0.05) is 16.5 Å². The number of anilines is 2. The predicted molar refractivity (Wildman–Crippen MR) is 63.3 cm³/mol. The second kappa shape index (κ2) is 4.00. The van der Waals surface area contributed by atoms with Crippen LogP contribution in [0.25, 0.3) is 0 Å². The fraction of sp³-hybridized carbons (Fsp3) is 0.250. The van der Waals surface area contributed by atoms with Crippen molar-refractivity contribution < 1.29 is 12.9 Å². The molecule has 7 nitrogen and oxygen atoms in total. The van der Waals surface area contributed by atoms with E-state index < -0.39 is 10.0 Å². The van der Waals surface area contributed by atoms with Gasteiger partial charge in [-0.15, -0.1) is 0 Å². The summed E-state index contributed by atoms with van der Waals surface area (Å²) >= 11 is 0.905. The molecule has 2 aromatic heterocycles. The molecule has 17 heavy (non-hydrogen) atoms. The first-order valence-electron chi connectivity index (χ1n) is 4.57. The Morgan fingerprint density at radius 2 is 2.18 bits per heavy atom. The number of aromatic nitrogens is 2. The summed E-state index contributed by atoms with van der Waals surface area (Å²) in [5.41, 5.74) is 5.82. The molecule has 0 aliphatic rings. The zero-order chi connectivity index (χ0) is 12.6. The summed E-state index contributed by atoms with van der Waals surface area (Å²) in [6.07, 6.45) is 0. The Morgan fingerprint density at radius 1 is 1.47 bits per heavy atom. The van der Waals surface area contributed by atoms with E-state index in [0.29, 0.717) is 11.5 Å². The average molecular weight is 274 g/mol. The number of thiazole rings is 1. The van der Waals surface area contributed by atoms with Crippen LogP contribution in [0.1, 0.15) is 11.5 Å². The maximum atomic E-state index is 12.0. The highest BCUT2D eigenvalue weighted by molar-refractivity contribution is 7.94. The number of nitrogens with one attached hydrogen (secondary N) is 1. The van der Waals surface area contributed by atoms with Crippen molar-refractivity contribution in [2.24, 2.45) is 0 Å². The zero-order valence-electron chi connectivity index (χ0n) is 9.09. The lowest BCUT2D eigenvalue weighted by Gasteiger charge is -2.01. The summed E-state index contributed by atoms with van der Waals surface area (Å²) in [4.78, 5) is 3.86. The van der Waals surface area contributed by atoms with Crippen LogP contribution in [0.5, 0.6) is 0 Å². The highest BCUT2D eigenvalue weighted by Crippen LogP contribution is 2.26. The van der Waals surface area contributed by atoms with E-state index in [1.54, 1.807) is 13.8 Å². The van der Waals surface area contributed by atoms with Gasteiger partial charge in [-0.05, 0) is 13.8 Å². The van der Waals surface area contributed by atoms with E-state index in [1.165, 1.54) is 6.07 Å². The summed E-state index contributed by atoms with van der Waals surface area (Å²) in [6, 6.07) is 1.48. The van der Waals surface area contributed by atoms with Gasteiger partial charge in [0, 0.05) is 6.07 Å². The Morgan fingerprint density at radius 3 is 2.65 bits per heavy atom. The lowest BCUT2D eigenvalue weighted by molar-refractivity contribution is 0.400.